The van der Waals surface area contributed by atoms with Gasteiger partial charge in [-0.25, -0.2) is 0 Å². The summed E-state index contributed by atoms with van der Waals surface area (Å²) in [5.41, 5.74) is 1.62. The Morgan fingerprint density at radius 1 is 1.56 bits per heavy atom. The summed E-state index contributed by atoms with van der Waals surface area (Å²) in [6, 6.07) is 9.41. The van der Waals surface area contributed by atoms with Gasteiger partial charge >= 0.3 is 5.97 Å². The van der Waals surface area contributed by atoms with Crippen LogP contribution in [0.3, 0.4) is 0 Å². The van der Waals surface area contributed by atoms with E-state index in [9.17, 15) is 4.79 Å². The molecule has 0 aliphatic heterocycles. The van der Waals surface area contributed by atoms with Crippen molar-refractivity contribution >= 4 is 5.97 Å². The van der Waals surface area contributed by atoms with Gasteiger partial charge in [0, 0.05) is 19.6 Å². The quantitative estimate of drug-likeness (QED) is 0.745. The minimum atomic E-state index is -0.810. The second-order valence-corrected chi connectivity index (χ2v) is 3.98. The van der Waals surface area contributed by atoms with Gasteiger partial charge in [0.05, 0.1) is 18.1 Å². The molecule has 18 heavy (non-hydrogen) atoms. The molecule has 1 aromatic carbocycles. The van der Waals surface area contributed by atoms with Crippen LogP contribution in [-0.2, 0) is 11.3 Å². The van der Waals surface area contributed by atoms with Gasteiger partial charge < -0.3 is 5.11 Å². The molecule has 0 aromatic heterocycles. The summed E-state index contributed by atoms with van der Waals surface area (Å²) in [5.74, 6) is -0.810. The van der Waals surface area contributed by atoms with E-state index in [0.29, 0.717) is 25.2 Å². The molecule has 0 fully saturated rings. The van der Waals surface area contributed by atoms with Gasteiger partial charge in [-0.2, -0.15) is 5.26 Å². The fourth-order valence-corrected chi connectivity index (χ4v) is 1.67. The molecule has 0 saturated heterocycles. The highest BCUT2D eigenvalue weighted by Crippen LogP contribution is 2.08. The van der Waals surface area contributed by atoms with Gasteiger partial charge in [0.25, 0.3) is 0 Å². The second-order valence-electron chi connectivity index (χ2n) is 3.98. The topological polar surface area (TPSA) is 64.3 Å². The van der Waals surface area contributed by atoms with E-state index in [1.54, 1.807) is 12.1 Å². The Bertz CT molecular complexity index is 463. The molecular weight excluding hydrogens is 228 g/mol. The maximum Gasteiger partial charge on any atom is 0.304 e. The predicted molar refractivity (Wildman–Crippen MR) is 68.9 cm³/mol. The summed E-state index contributed by atoms with van der Waals surface area (Å²) in [6.07, 6.45) is 1.85. The van der Waals surface area contributed by atoms with Crippen molar-refractivity contribution in [3.63, 3.8) is 0 Å². The van der Waals surface area contributed by atoms with Gasteiger partial charge in [0.1, 0.15) is 0 Å². The molecule has 1 aromatic rings. The van der Waals surface area contributed by atoms with Crippen LogP contribution in [0.1, 0.15) is 17.5 Å². The average molecular weight is 244 g/mol. The molecule has 0 spiro atoms. The number of hydrogen-bond acceptors (Lipinski definition) is 3. The minimum Gasteiger partial charge on any atom is -0.481 e. The minimum absolute atomic E-state index is 0.103. The highest BCUT2D eigenvalue weighted by Gasteiger charge is 2.07. The first kappa shape index (κ1) is 13.9. The average Bonchev–Trinajstić information content (AvgIpc) is 2.36. The van der Waals surface area contributed by atoms with Gasteiger partial charge in [-0.3, -0.25) is 9.69 Å². The summed E-state index contributed by atoms with van der Waals surface area (Å²) < 4.78 is 0. The fourth-order valence-electron chi connectivity index (χ4n) is 1.67. The van der Waals surface area contributed by atoms with Crippen molar-refractivity contribution in [3.8, 4) is 6.07 Å². The van der Waals surface area contributed by atoms with Crippen LogP contribution < -0.4 is 0 Å². The zero-order valence-corrected chi connectivity index (χ0v) is 10.2. The third-order valence-corrected chi connectivity index (χ3v) is 2.49. The molecule has 0 unspecified atom stereocenters. The smallest absolute Gasteiger partial charge is 0.304 e. The summed E-state index contributed by atoms with van der Waals surface area (Å²) in [6.45, 7) is 5.38. The number of nitriles is 1. The van der Waals surface area contributed by atoms with Gasteiger partial charge in [0.15, 0.2) is 0 Å². The van der Waals surface area contributed by atoms with E-state index in [4.69, 9.17) is 10.4 Å². The molecular formula is C14H16N2O2. The third-order valence-electron chi connectivity index (χ3n) is 2.49. The number of benzene rings is 1. The molecule has 4 nitrogen and oxygen atoms in total. The lowest BCUT2D eigenvalue weighted by molar-refractivity contribution is -0.137. The van der Waals surface area contributed by atoms with Crippen LogP contribution >= 0.6 is 0 Å². The number of rotatable bonds is 7. The summed E-state index contributed by atoms with van der Waals surface area (Å²) in [5, 5.41) is 17.5. The highest BCUT2D eigenvalue weighted by molar-refractivity contribution is 5.66. The van der Waals surface area contributed by atoms with Crippen LogP contribution in [-0.4, -0.2) is 29.1 Å². The number of nitrogens with zero attached hydrogens (tertiary/aromatic N) is 2. The van der Waals surface area contributed by atoms with Crippen molar-refractivity contribution in [1.82, 2.24) is 4.90 Å². The van der Waals surface area contributed by atoms with Crippen LogP contribution in [0.4, 0.5) is 0 Å². The van der Waals surface area contributed by atoms with Crippen LogP contribution in [0.5, 0.6) is 0 Å². The van der Waals surface area contributed by atoms with E-state index < -0.39 is 5.97 Å². The first-order valence-corrected chi connectivity index (χ1v) is 5.69. The Labute approximate surface area is 107 Å². The highest BCUT2D eigenvalue weighted by atomic mass is 16.4. The van der Waals surface area contributed by atoms with E-state index >= 15 is 0 Å². The molecule has 0 amide bonds. The van der Waals surface area contributed by atoms with E-state index in [0.717, 1.165) is 5.56 Å². The Morgan fingerprint density at radius 3 is 2.94 bits per heavy atom. The Kier molecular flexibility index (Phi) is 5.62. The van der Waals surface area contributed by atoms with Gasteiger partial charge in [-0.05, 0) is 17.7 Å². The SMILES string of the molecule is C=CCN(CCC(=O)O)Cc1cccc(C#N)c1. The van der Waals surface area contributed by atoms with E-state index in [1.165, 1.54) is 0 Å². The van der Waals surface area contributed by atoms with Crippen molar-refractivity contribution in [2.24, 2.45) is 0 Å². The first-order chi connectivity index (χ1) is 8.65. The summed E-state index contributed by atoms with van der Waals surface area (Å²) in [4.78, 5) is 12.5. The molecule has 4 heteroatoms. The number of carbonyl (C=O) groups is 1. The van der Waals surface area contributed by atoms with Crippen LogP contribution in [0, 0.1) is 11.3 Å². The van der Waals surface area contributed by atoms with Crippen LogP contribution in [0.2, 0.25) is 0 Å². The van der Waals surface area contributed by atoms with E-state index in [1.807, 2.05) is 23.1 Å². The molecule has 0 bridgehead atoms. The lowest BCUT2D eigenvalue weighted by Crippen LogP contribution is -2.26. The monoisotopic (exact) mass is 244 g/mol. The molecule has 0 heterocycles. The predicted octanol–water partition coefficient (Wildman–Crippen LogP) is 2.02. The molecule has 0 saturated carbocycles. The van der Waals surface area contributed by atoms with Crippen molar-refractivity contribution in [2.45, 2.75) is 13.0 Å². The van der Waals surface area contributed by atoms with E-state index in [2.05, 4.69) is 12.6 Å². The summed E-state index contributed by atoms with van der Waals surface area (Å²) in [7, 11) is 0. The molecule has 0 aliphatic carbocycles. The first-order valence-electron chi connectivity index (χ1n) is 5.69. The lowest BCUT2D eigenvalue weighted by atomic mass is 10.1. The zero-order chi connectivity index (χ0) is 13.4. The normalized spacial score (nSPS) is 10.0. The Hall–Kier alpha value is -2.12. The fraction of sp³-hybridized carbons (Fsp3) is 0.286. The van der Waals surface area contributed by atoms with Gasteiger partial charge in [-0.1, -0.05) is 18.2 Å². The third kappa shape index (κ3) is 4.81. The van der Waals surface area contributed by atoms with Crippen LogP contribution in [0.15, 0.2) is 36.9 Å². The summed E-state index contributed by atoms with van der Waals surface area (Å²) >= 11 is 0. The molecule has 0 aliphatic rings. The zero-order valence-electron chi connectivity index (χ0n) is 10.2. The molecule has 0 atom stereocenters. The number of carboxylic acids is 1. The lowest BCUT2D eigenvalue weighted by Gasteiger charge is -2.19. The standard InChI is InChI=1S/C14H16N2O2/c1-2-7-16(8-6-14(17)18)11-13-5-3-4-12(9-13)10-15/h2-5,9H,1,6-8,11H2,(H,17,18). The maximum absolute atomic E-state index is 10.6. The molecule has 94 valence electrons. The van der Waals surface area contributed by atoms with Crippen LogP contribution in [0.25, 0.3) is 0 Å². The molecule has 1 rings (SSSR count). The van der Waals surface area contributed by atoms with Gasteiger partial charge in [0.2, 0.25) is 0 Å². The van der Waals surface area contributed by atoms with Crippen molar-refractivity contribution in [2.75, 3.05) is 13.1 Å². The van der Waals surface area contributed by atoms with E-state index in [-0.39, 0.29) is 6.42 Å². The number of hydrogen-bond donors (Lipinski definition) is 1. The number of carboxylic acid groups (broad SMARTS) is 1. The van der Waals surface area contributed by atoms with Crippen molar-refractivity contribution in [1.29, 1.82) is 5.26 Å². The van der Waals surface area contributed by atoms with Crippen molar-refractivity contribution in [3.05, 3.63) is 48.0 Å². The van der Waals surface area contributed by atoms with Crippen molar-refractivity contribution < 1.29 is 9.90 Å². The maximum atomic E-state index is 10.6. The molecule has 0 radical (unpaired) electrons. The second kappa shape index (κ2) is 7.25. The Morgan fingerprint density at radius 2 is 2.33 bits per heavy atom. The largest absolute Gasteiger partial charge is 0.481 e. The number of aliphatic carboxylic acids is 1. The van der Waals surface area contributed by atoms with Gasteiger partial charge in [-0.15, -0.1) is 6.58 Å². The molecule has 1 N–H and O–H groups in total. The Balaban J connectivity index is 2.66.